The van der Waals surface area contributed by atoms with Crippen LogP contribution in [0.15, 0.2) is 42.5 Å². The Morgan fingerprint density at radius 1 is 1.04 bits per heavy atom. The van der Waals surface area contributed by atoms with Crippen LogP contribution in [0, 0.1) is 0 Å². The van der Waals surface area contributed by atoms with E-state index in [4.69, 9.17) is 4.74 Å². The molecule has 0 saturated carbocycles. The molecular weight excluding hydrogens is 332 g/mol. The zero-order valence-corrected chi connectivity index (χ0v) is 14.6. The van der Waals surface area contributed by atoms with Crippen LogP contribution >= 0.6 is 0 Å². The standard InChI is InChI=1S/C20H22N2O4/c23-18(21-17-10-6-8-15-7-3-4-9-16(15)17)14-26-20(25)13-22-12-5-1-2-11-19(22)24/h3-4,6-10H,1-2,5,11-14H2,(H,21,23). The summed E-state index contributed by atoms with van der Waals surface area (Å²) in [7, 11) is 0. The van der Waals surface area contributed by atoms with E-state index in [-0.39, 0.29) is 19.1 Å². The van der Waals surface area contributed by atoms with Gasteiger partial charge in [0.15, 0.2) is 6.61 Å². The molecule has 3 rings (SSSR count). The number of benzene rings is 2. The number of hydrogen-bond donors (Lipinski definition) is 1. The predicted octanol–water partition coefficient (Wildman–Crippen LogP) is 2.72. The van der Waals surface area contributed by atoms with Gasteiger partial charge in [-0.3, -0.25) is 14.4 Å². The summed E-state index contributed by atoms with van der Waals surface area (Å²) >= 11 is 0. The lowest BCUT2D eigenvalue weighted by atomic mass is 10.1. The summed E-state index contributed by atoms with van der Waals surface area (Å²) in [5.74, 6) is -0.995. The van der Waals surface area contributed by atoms with E-state index < -0.39 is 11.9 Å². The molecular formula is C20H22N2O4. The summed E-state index contributed by atoms with van der Waals surface area (Å²) in [6.07, 6.45) is 3.21. The normalized spacial score (nSPS) is 14.8. The number of nitrogens with zero attached hydrogens (tertiary/aromatic N) is 1. The van der Waals surface area contributed by atoms with Gasteiger partial charge in [-0.25, -0.2) is 0 Å². The largest absolute Gasteiger partial charge is 0.454 e. The maximum absolute atomic E-state index is 12.1. The maximum atomic E-state index is 12.1. The minimum atomic E-state index is -0.562. The molecule has 1 N–H and O–H groups in total. The molecule has 0 spiro atoms. The number of anilines is 1. The van der Waals surface area contributed by atoms with Crippen molar-refractivity contribution in [2.75, 3.05) is 25.0 Å². The molecule has 1 aliphatic rings. The van der Waals surface area contributed by atoms with Gasteiger partial charge in [0, 0.05) is 24.0 Å². The molecule has 1 heterocycles. The molecule has 1 aliphatic heterocycles. The SMILES string of the molecule is O=C(COC(=O)CN1CCCCCC1=O)Nc1cccc2ccccc12. The van der Waals surface area contributed by atoms with E-state index in [1.807, 2.05) is 36.4 Å². The van der Waals surface area contributed by atoms with Gasteiger partial charge in [0.25, 0.3) is 5.91 Å². The number of carbonyl (C=O) groups is 3. The zero-order valence-electron chi connectivity index (χ0n) is 14.6. The first-order valence-corrected chi connectivity index (χ1v) is 8.84. The lowest BCUT2D eigenvalue weighted by Crippen LogP contribution is -2.36. The van der Waals surface area contributed by atoms with Crippen LogP contribution in [0.4, 0.5) is 5.69 Å². The van der Waals surface area contributed by atoms with Crippen molar-refractivity contribution in [3.63, 3.8) is 0 Å². The maximum Gasteiger partial charge on any atom is 0.326 e. The number of carbonyl (C=O) groups excluding carboxylic acids is 3. The van der Waals surface area contributed by atoms with E-state index in [0.717, 1.165) is 30.0 Å². The molecule has 0 radical (unpaired) electrons. The number of nitrogens with one attached hydrogen (secondary N) is 1. The Balaban J connectivity index is 1.52. The number of likely N-dealkylation sites (tertiary alicyclic amines) is 1. The van der Waals surface area contributed by atoms with Crippen LogP contribution in [-0.4, -0.2) is 42.4 Å². The molecule has 0 bridgehead atoms. The molecule has 0 aliphatic carbocycles. The van der Waals surface area contributed by atoms with Crippen LogP contribution in [0.5, 0.6) is 0 Å². The van der Waals surface area contributed by atoms with E-state index in [9.17, 15) is 14.4 Å². The molecule has 2 amide bonds. The first-order chi connectivity index (χ1) is 12.6. The van der Waals surface area contributed by atoms with Gasteiger partial charge in [0.2, 0.25) is 5.91 Å². The number of ether oxygens (including phenoxy) is 1. The number of amides is 2. The van der Waals surface area contributed by atoms with Crippen LogP contribution < -0.4 is 5.32 Å². The van der Waals surface area contributed by atoms with Gasteiger partial charge < -0.3 is 15.0 Å². The highest BCUT2D eigenvalue weighted by Gasteiger charge is 2.20. The second kappa shape index (κ2) is 8.47. The third-order valence-corrected chi connectivity index (χ3v) is 4.42. The third-order valence-electron chi connectivity index (χ3n) is 4.42. The van der Waals surface area contributed by atoms with E-state index >= 15 is 0 Å². The highest BCUT2D eigenvalue weighted by Crippen LogP contribution is 2.22. The first kappa shape index (κ1) is 17.9. The summed E-state index contributed by atoms with van der Waals surface area (Å²) in [5, 5.41) is 4.70. The molecule has 2 aromatic carbocycles. The topological polar surface area (TPSA) is 75.7 Å². The van der Waals surface area contributed by atoms with Crippen molar-refractivity contribution in [1.29, 1.82) is 0 Å². The highest BCUT2D eigenvalue weighted by molar-refractivity contribution is 6.02. The van der Waals surface area contributed by atoms with Crippen molar-refractivity contribution < 1.29 is 19.1 Å². The van der Waals surface area contributed by atoms with Gasteiger partial charge in [0.1, 0.15) is 6.54 Å². The molecule has 0 atom stereocenters. The Morgan fingerprint density at radius 3 is 2.73 bits per heavy atom. The quantitative estimate of drug-likeness (QED) is 0.838. The second-order valence-corrected chi connectivity index (χ2v) is 6.36. The summed E-state index contributed by atoms with van der Waals surface area (Å²) in [4.78, 5) is 37.4. The molecule has 1 saturated heterocycles. The molecule has 0 aromatic heterocycles. The smallest absolute Gasteiger partial charge is 0.326 e. The van der Waals surface area contributed by atoms with Crippen molar-refractivity contribution in [2.24, 2.45) is 0 Å². The molecule has 2 aromatic rings. The fourth-order valence-electron chi connectivity index (χ4n) is 3.07. The van der Waals surface area contributed by atoms with Gasteiger partial charge in [-0.15, -0.1) is 0 Å². The Bertz CT molecular complexity index is 813. The summed E-state index contributed by atoms with van der Waals surface area (Å²) in [5.41, 5.74) is 0.673. The van der Waals surface area contributed by atoms with Crippen LogP contribution in [0.3, 0.4) is 0 Å². The predicted molar refractivity (Wildman–Crippen MR) is 98.6 cm³/mol. The lowest BCUT2D eigenvalue weighted by Gasteiger charge is -2.19. The average molecular weight is 354 g/mol. The van der Waals surface area contributed by atoms with Crippen molar-refractivity contribution in [3.8, 4) is 0 Å². The number of hydrogen-bond acceptors (Lipinski definition) is 4. The Hall–Kier alpha value is -2.89. The van der Waals surface area contributed by atoms with Crippen molar-refractivity contribution in [1.82, 2.24) is 4.90 Å². The Morgan fingerprint density at radius 2 is 1.85 bits per heavy atom. The van der Waals surface area contributed by atoms with Gasteiger partial charge in [-0.1, -0.05) is 42.8 Å². The van der Waals surface area contributed by atoms with Gasteiger partial charge >= 0.3 is 5.97 Å². The Labute approximate surface area is 152 Å². The van der Waals surface area contributed by atoms with E-state index in [2.05, 4.69) is 5.32 Å². The molecule has 6 heteroatoms. The summed E-state index contributed by atoms with van der Waals surface area (Å²) in [6, 6.07) is 13.3. The van der Waals surface area contributed by atoms with Gasteiger partial charge in [0.05, 0.1) is 0 Å². The minimum Gasteiger partial charge on any atom is -0.454 e. The van der Waals surface area contributed by atoms with Gasteiger partial charge in [-0.2, -0.15) is 0 Å². The number of esters is 1. The fourth-order valence-corrected chi connectivity index (χ4v) is 3.07. The Kier molecular flexibility index (Phi) is 5.84. The minimum absolute atomic E-state index is 0.0281. The zero-order chi connectivity index (χ0) is 18.4. The monoisotopic (exact) mass is 354 g/mol. The fraction of sp³-hybridized carbons (Fsp3) is 0.350. The molecule has 136 valence electrons. The summed E-state index contributed by atoms with van der Waals surface area (Å²) < 4.78 is 5.04. The molecule has 1 fully saturated rings. The van der Waals surface area contributed by atoms with E-state index in [0.29, 0.717) is 18.7 Å². The van der Waals surface area contributed by atoms with Crippen LogP contribution in [-0.2, 0) is 19.1 Å². The highest BCUT2D eigenvalue weighted by atomic mass is 16.5. The molecule has 0 unspecified atom stereocenters. The van der Waals surface area contributed by atoms with Crippen molar-refractivity contribution >= 4 is 34.2 Å². The van der Waals surface area contributed by atoms with Crippen LogP contribution in [0.2, 0.25) is 0 Å². The number of fused-ring (bicyclic) bond motifs is 1. The van der Waals surface area contributed by atoms with Gasteiger partial charge in [-0.05, 0) is 24.3 Å². The van der Waals surface area contributed by atoms with Crippen molar-refractivity contribution in [3.05, 3.63) is 42.5 Å². The molecule has 6 nitrogen and oxygen atoms in total. The average Bonchev–Trinajstić information content (AvgIpc) is 2.85. The molecule has 26 heavy (non-hydrogen) atoms. The van der Waals surface area contributed by atoms with Crippen LogP contribution in [0.25, 0.3) is 10.8 Å². The number of rotatable bonds is 5. The first-order valence-electron chi connectivity index (χ1n) is 8.84. The second-order valence-electron chi connectivity index (χ2n) is 6.36. The van der Waals surface area contributed by atoms with Crippen LogP contribution in [0.1, 0.15) is 25.7 Å². The van der Waals surface area contributed by atoms with E-state index in [1.165, 1.54) is 4.90 Å². The lowest BCUT2D eigenvalue weighted by molar-refractivity contribution is -0.151. The third kappa shape index (κ3) is 4.59. The van der Waals surface area contributed by atoms with E-state index in [1.54, 1.807) is 6.07 Å². The van der Waals surface area contributed by atoms with Crippen molar-refractivity contribution in [2.45, 2.75) is 25.7 Å². The summed E-state index contributed by atoms with van der Waals surface area (Å²) in [6.45, 7) is 0.0978.